The van der Waals surface area contributed by atoms with Crippen LogP contribution in [0.15, 0.2) is 0 Å². The van der Waals surface area contributed by atoms with Crippen LogP contribution >= 0.6 is 0 Å². The molecular formula is C14H23NO3. The summed E-state index contributed by atoms with van der Waals surface area (Å²) in [4.78, 5) is 23.5. The van der Waals surface area contributed by atoms with E-state index in [2.05, 4.69) is 5.32 Å². The molecule has 0 aliphatic heterocycles. The number of rotatable bonds is 3. The third kappa shape index (κ3) is 2.52. The van der Waals surface area contributed by atoms with Gasteiger partial charge in [0, 0.05) is 5.92 Å². The number of nitrogens with one attached hydrogen (secondary N) is 1. The van der Waals surface area contributed by atoms with E-state index in [-0.39, 0.29) is 11.8 Å². The Morgan fingerprint density at radius 2 is 1.89 bits per heavy atom. The Hall–Kier alpha value is -1.06. The van der Waals surface area contributed by atoms with Crippen molar-refractivity contribution < 1.29 is 14.7 Å². The summed E-state index contributed by atoms with van der Waals surface area (Å²) in [6, 6.07) is -0.802. The molecule has 1 amide bonds. The second kappa shape index (κ2) is 4.56. The second-order valence-electron chi connectivity index (χ2n) is 6.93. The van der Waals surface area contributed by atoms with Gasteiger partial charge in [-0.25, -0.2) is 4.79 Å². The van der Waals surface area contributed by atoms with E-state index in [4.69, 9.17) is 0 Å². The summed E-state index contributed by atoms with van der Waals surface area (Å²) in [6.07, 6.45) is 4.49. The van der Waals surface area contributed by atoms with Crippen molar-refractivity contribution in [1.29, 1.82) is 0 Å². The first kappa shape index (κ1) is 13.4. The van der Waals surface area contributed by atoms with E-state index in [1.54, 1.807) is 0 Å². The Bertz CT molecular complexity index is 359. The van der Waals surface area contributed by atoms with Gasteiger partial charge in [0.15, 0.2) is 0 Å². The van der Waals surface area contributed by atoms with Crippen LogP contribution in [0.2, 0.25) is 0 Å². The highest BCUT2D eigenvalue weighted by molar-refractivity contribution is 5.86. The molecule has 0 aromatic carbocycles. The van der Waals surface area contributed by atoms with Gasteiger partial charge in [0.25, 0.3) is 0 Å². The fourth-order valence-electron chi connectivity index (χ4n) is 3.46. The molecule has 4 nitrogen and oxygen atoms in total. The third-order valence-electron chi connectivity index (χ3n) is 4.47. The summed E-state index contributed by atoms with van der Waals surface area (Å²) in [5, 5.41) is 12.0. The van der Waals surface area contributed by atoms with Crippen molar-refractivity contribution in [2.24, 2.45) is 23.2 Å². The van der Waals surface area contributed by atoms with Crippen LogP contribution in [0.4, 0.5) is 0 Å². The molecule has 3 unspecified atom stereocenters. The average molecular weight is 253 g/mol. The molecule has 0 spiro atoms. The molecule has 2 aliphatic rings. The van der Waals surface area contributed by atoms with Crippen LogP contribution in [-0.4, -0.2) is 23.0 Å². The predicted molar refractivity (Wildman–Crippen MR) is 68.0 cm³/mol. The number of carbonyl (C=O) groups excluding carboxylic acids is 1. The molecule has 2 aliphatic carbocycles. The van der Waals surface area contributed by atoms with Gasteiger partial charge >= 0.3 is 5.97 Å². The summed E-state index contributed by atoms with van der Waals surface area (Å²) >= 11 is 0. The SMILES string of the molecule is CC(C)(C)[C@@H](NC(=O)C1CC2CCC1C2)C(=O)O. The number of fused-ring (bicyclic) bond motifs is 2. The average Bonchev–Trinajstić information content (AvgIpc) is 2.84. The number of amides is 1. The van der Waals surface area contributed by atoms with E-state index in [0.717, 1.165) is 19.3 Å². The number of carboxylic acids is 1. The van der Waals surface area contributed by atoms with E-state index < -0.39 is 17.4 Å². The molecule has 0 aromatic heterocycles. The minimum atomic E-state index is -0.945. The van der Waals surface area contributed by atoms with E-state index >= 15 is 0 Å². The zero-order chi connectivity index (χ0) is 13.5. The van der Waals surface area contributed by atoms with Crippen LogP contribution in [0.5, 0.6) is 0 Å². The summed E-state index contributed by atoms with van der Waals surface area (Å²) in [5.41, 5.74) is -0.459. The fourth-order valence-corrected chi connectivity index (χ4v) is 3.46. The molecule has 4 heteroatoms. The van der Waals surface area contributed by atoms with Crippen LogP contribution < -0.4 is 5.32 Å². The Morgan fingerprint density at radius 1 is 1.22 bits per heavy atom. The van der Waals surface area contributed by atoms with Gasteiger partial charge in [-0.15, -0.1) is 0 Å². The van der Waals surface area contributed by atoms with Gasteiger partial charge in [0.2, 0.25) is 5.91 Å². The highest BCUT2D eigenvalue weighted by Gasteiger charge is 2.44. The van der Waals surface area contributed by atoms with Gasteiger partial charge in [0.05, 0.1) is 0 Å². The molecule has 0 saturated heterocycles. The lowest BCUT2D eigenvalue weighted by molar-refractivity contribution is -0.146. The first-order chi connectivity index (χ1) is 8.29. The zero-order valence-corrected chi connectivity index (χ0v) is 11.4. The lowest BCUT2D eigenvalue weighted by Crippen LogP contribution is -2.51. The predicted octanol–water partition coefficient (Wildman–Crippen LogP) is 2.04. The van der Waals surface area contributed by atoms with Crippen molar-refractivity contribution in [3.05, 3.63) is 0 Å². The zero-order valence-electron chi connectivity index (χ0n) is 11.4. The summed E-state index contributed by atoms with van der Waals surface area (Å²) < 4.78 is 0. The van der Waals surface area contributed by atoms with Crippen molar-refractivity contribution in [2.75, 3.05) is 0 Å². The lowest BCUT2D eigenvalue weighted by atomic mass is 9.84. The molecule has 2 fully saturated rings. The number of hydrogen-bond donors (Lipinski definition) is 2. The van der Waals surface area contributed by atoms with Crippen molar-refractivity contribution in [3.8, 4) is 0 Å². The second-order valence-corrected chi connectivity index (χ2v) is 6.93. The Kier molecular flexibility index (Phi) is 3.39. The summed E-state index contributed by atoms with van der Waals surface area (Å²) in [6.45, 7) is 5.52. The summed E-state index contributed by atoms with van der Waals surface area (Å²) in [7, 11) is 0. The number of aliphatic carboxylic acids is 1. The normalized spacial score (nSPS) is 32.3. The number of carbonyl (C=O) groups is 2. The van der Waals surface area contributed by atoms with Gasteiger partial charge < -0.3 is 10.4 Å². The van der Waals surface area contributed by atoms with Crippen LogP contribution in [-0.2, 0) is 9.59 Å². The van der Waals surface area contributed by atoms with Crippen molar-refractivity contribution >= 4 is 11.9 Å². The maximum absolute atomic E-state index is 12.2. The lowest BCUT2D eigenvalue weighted by Gasteiger charge is -2.30. The van der Waals surface area contributed by atoms with Crippen molar-refractivity contribution in [2.45, 2.75) is 52.5 Å². The minimum absolute atomic E-state index is 0.0490. The van der Waals surface area contributed by atoms with E-state index in [0.29, 0.717) is 11.8 Å². The largest absolute Gasteiger partial charge is 0.480 e. The first-order valence-corrected chi connectivity index (χ1v) is 6.82. The van der Waals surface area contributed by atoms with Gasteiger partial charge in [-0.3, -0.25) is 4.79 Å². The van der Waals surface area contributed by atoms with Crippen LogP contribution in [0, 0.1) is 23.2 Å². The van der Waals surface area contributed by atoms with Crippen LogP contribution in [0.25, 0.3) is 0 Å². The highest BCUT2D eigenvalue weighted by Crippen LogP contribution is 2.48. The quantitative estimate of drug-likeness (QED) is 0.809. The van der Waals surface area contributed by atoms with Crippen molar-refractivity contribution in [1.82, 2.24) is 5.32 Å². The fraction of sp³-hybridized carbons (Fsp3) is 0.857. The van der Waals surface area contributed by atoms with E-state index in [1.165, 1.54) is 6.42 Å². The van der Waals surface area contributed by atoms with Gasteiger partial charge in [-0.05, 0) is 36.5 Å². The number of hydrogen-bond acceptors (Lipinski definition) is 2. The molecule has 0 aromatic rings. The van der Waals surface area contributed by atoms with Gasteiger partial charge in [0.1, 0.15) is 6.04 Å². The molecule has 2 saturated carbocycles. The maximum Gasteiger partial charge on any atom is 0.326 e. The molecule has 2 rings (SSSR count). The highest BCUT2D eigenvalue weighted by atomic mass is 16.4. The monoisotopic (exact) mass is 253 g/mol. The molecular weight excluding hydrogens is 230 g/mol. The van der Waals surface area contributed by atoms with Crippen LogP contribution in [0.1, 0.15) is 46.5 Å². The minimum Gasteiger partial charge on any atom is -0.480 e. The molecule has 4 atom stereocenters. The molecule has 2 bridgehead atoms. The standard InChI is InChI=1S/C14H23NO3/c1-14(2,3)11(13(17)18)15-12(16)10-7-8-4-5-9(10)6-8/h8-11H,4-7H2,1-3H3,(H,15,16)(H,17,18)/t8?,9?,10?,11-/m0/s1. The topological polar surface area (TPSA) is 66.4 Å². The van der Waals surface area contributed by atoms with Gasteiger partial charge in [-0.2, -0.15) is 0 Å². The Labute approximate surface area is 108 Å². The molecule has 102 valence electrons. The molecule has 18 heavy (non-hydrogen) atoms. The third-order valence-corrected chi connectivity index (χ3v) is 4.47. The summed E-state index contributed by atoms with van der Waals surface area (Å²) in [5.74, 6) is 0.240. The number of carboxylic acid groups (broad SMARTS) is 1. The van der Waals surface area contributed by atoms with E-state index in [9.17, 15) is 14.7 Å². The smallest absolute Gasteiger partial charge is 0.326 e. The molecule has 2 N–H and O–H groups in total. The maximum atomic E-state index is 12.2. The molecule has 0 heterocycles. The van der Waals surface area contributed by atoms with Crippen molar-refractivity contribution in [3.63, 3.8) is 0 Å². The van der Waals surface area contributed by atoms with Gasteiger partial charge in [-0.1, -0.05) is 27.2 Å². The van der Waals surface area contributed by atoms with E-state index in [1.807, 2.05) is 20.8 Å². The Morgan fingerprint density at radius 3 is 2.28 bits per heavy atom. The molecule has 0 radical (unpaired) electrons. The first-order valence-electron chi connectivity index (χ1n) is 6.82. The Balaban J connectivity index is 2.00. The van der Waals surface area contributed by atoms with Crippen LogP contribution in [0.3, 0.4) is 0 Å².